The van der Waals surface area contributed by atoms with Crippen LogP contribution in [0.5, 0.6) is 0 Å². The standard InChI is InChI=1S/C18H28BrN3O2/c1-12(2)22(13(3)4)18(24)11-21(6)10-17(23)20-16-8-7-15(19)9-14(16)5/h7-9,12-13H,10-11H2,1-6H3,(H,20,23)/p+1. The van der Waals surface area contributed by atoms with Crippen LogP contribution in [-0.4, -0.2) is 48.9 Å². The number of quaternary nitrogens is 1. The molecule has 1 aromatic carbocycles. The Labute approximate surface area is 153 Å². The average Bonchev–Trinajstić information content (AvgIpc) is 2.40. The number of benzene rings is 1. The topological polar surface area (TPSA) is 53.9 Å². The number of halogens is 1. The molecule has 134 valence electrons. The lowest BCUT2D eigenvalue weighted by Gasteiger charge is -2.31. The van der Waals surface area contributed by atoms with E-state index in [2.05, 4.69) is 21.2 Å². The van der Waals surface area contributed by atoms with Crippen molar-refractivity contribution in [2.24, 2.45) is 0 Å². The van der Waals surface area contributed by atoms with Gasteiger partial charge in [-0.1, -0.05) is 15.9 Å². The van der Waals surface area contributed by atoms with E-state index in [0.29, 0.717) is 6.54 Å². The van der Waals surface area contributed by atoms with E-state index in [1.165, 1.54) is 0 Å². The summed E-state index contributed by atoms with van der Waals surface area (Å²) in [5, 5.41) is 2.91. The molecule has 1 aromatic rings. The maximum absolute atomic E-state index is 12.4. The van der Waals surface area contributed by atoms with Crippen LogP contribution in [0, 0.1) is 6.92 Å². The van der Waals surface area contributed by atoms with Gasteiger partial charge < -0.3 is 15.1 Å². The first-order valence-corrected chi connectivity index (χ1v) is 9.09. The van der Waals surface area contributed by atoms with Crippen LogP contribution in [0.1, 0.15) is 33.3 Å². The molecule has 24 heavy (non-hydrogen) atoms. The molecular formula is C18H29BrN3O2+. The van der Waals surface area contributed by atoms with Crippen molar-refractivity contribution in [3.05, 3.63) is 28.2 Å². The number of amides is 2. The van der Waals surface area contributed by atoms with Gasteiger partial charge in [0.05, 0.1) is 7.05 Å². The summed E-state index contributed by atoms with van der Waals surface area (Å²) in [7, 11) is 1.87. The first-order valence-electron chi connectivity index (χ1n) is 8.30. The number of rotatable bonds is 7. The monoisotopic (exact) mass is 398 g/mol. The molecule has 0 aliphatic heterocycles. The Morgan fingerprint density at radius 2 is 1.75 bits per heavy atom. The second kappa shape index (κ2) is 9.18. The van der Waals surface area contributed by atoms with Gasteiger partial charge in [-0.25, -0.2) is 0 Å². The maximum atomic E-state index is 12.4. The molecule has 0 fully saturated rings. The first-order chi connectivity index (χ1) is 11.1. The Balaban J connectivity index is 2.59. The van der Waals surface area contributed by atoms with Crippen molar-refractivity contribution >= 4 is 33.4 Å². The smallest absolute Gasteiger partial charge is 0.279 e. The highest BCUT2D eigenvalue weighted by Gasteiger charge is 2.24. The highest BCUT2D eigenvalue weighted by Crippen LogP contribution is 2.19. The van der Waals surface area contributed by atoms with Crippen LogP contribution in [0.4, 0.5) is 5.69 Å². The van der Waals surface area contributed by atoms with Gasteiger partial charge in [0.1, 0.15) is 0 Å². The molecule has 1 unspecified atom stereocenters. The number of hydrogen-bond acceptors (Lipinski definition) is 2. The summed E-state index contributed by atoms with van der Waals surface area (Å²) >= 11 is 3.41. The van der Waals surface area contributed by atoms with Gasteiger partial charge in [-0.05, 0) is 58.4 Å². The van der Waals surface area contributed by atoms with Crippen molar-refractivity contribution in [3.8, 4) is 0 Å². The van der Waals surface area contributed by atoms with Crippen molar-refractivity contribution in [2.75, 3.05) is 25.5 Å². The van der Waals surface area contributed by atoms with E-state index in [1.54, 1.807) is 0 Å². The maximum Gasteiger partial charge on any atom is 0.279 e. The molecular weight excluding hydrogens is 370 g/mol. The van der Waals surface area contributed by atoms with E-state index in [1.807, 2.05) is 64.8 Å². The van der Waals surface area contributed by atoms with Crippen molar-refractivity contribution in [2.45, 2.75) is 46.7 Å². The molecule has 0 saturated heterocycles. The minimum absolute atomic E-state index is 0.0742. The number of carbonyl (C=O) groups is 2. The average molecular weight is 399 g/mol. The number of hydrogen-bond donors (Lipinski definition) is 2. The van der Waals surface area contributed by atoms with E-state index in [-0.39, 0.29) is 30.4 Å². The van der Waals surface area contributed by atoms with E-state index in [0.717, 1.165) is 20.6 Å². The van der Waals surface area contributed by atoms with Gasteiger partial charge in [0.25, 0.3) is 11.8 Å². The number of nitrogens with one attached hydrogen (secondary N) is 2. The second-order valence-corrected chi connectivity index (χ2v) is 7.72. The van der Waals surface area contributed by atoms with Crippen molar-refractivity contribution in [1.82, 2.24) is 4.90 Å². The third-order valence-corrected chi connectivity index (χ3v) is 4.27. The Morgan fingerprint density at radius 1 is 1.17 bits per heavy atom. The molecule has 0 radical (unpaired) electrons. The molecule has 0 heterocycles. The number of aryl methyl sites for hydroxylation is 1. The highest BCUT2D eigenvalue weighted by molar-refractivity contribution is 9.10. The zero-order valence-corrected chi connectivity index (χ0v) is 17.0. The Kier molecular flexibility index (Phi) is 7.90. The normalized spacial score (nSPS) is 12.4. The molecule has 1 atom stereocenters. The summed E-state index contributed by atoms with van der Waals surface area (Å²) in [6.07, 6.45) is 0. The number of carbonyl (C=O) groups excluding carboxylic acids is 2. The van der Waals surface area contributed by atoms with E-state index < -0.39 is 0 Å². The number of anilines is 1. The summed E-state index contributed by atoms with van der Waals surface area (Å²) in [5.74, 6) is -0.0171. The summed E-state index contributed by atoms with van der Waals surface area (Å²) in [6, 6.07) is 6.04. The lowest BCUT2D eigenvalue weighted by molar-refractivity contribution is -0.862. The van der Waals surface area contributed by atoms with Crippen molar-refractivity contribution < 1.29 is 14.5 Å². The fourth-order valence-corrected chi connectivity index (χ4v) is 3.30. The molecule has 6 heteroatoms. The van der Waals surface area contributed by atoms with Crippen molar-refractivity contribution in [1.29, 1.82) is 0 Å². The predicted molar refractivity (Wildman–Crippen MR) is 101 cm³/mol. The van der Waals surface area contributed by atoms with Crippen LogP contribution in [-0.2, 0) is 9.59 Å². The molecule has 5 nitrogen and oxygen atoms in total. The molecule has 2 amide bonds. The third-order valence-electron chi connectivity index (χ3n) is 3.78. The van der Waals surface area contributed by atoms with Crippen LogP contribution in [0.15, 0.2) is 22.7 Å². The number of nitrogens with zero attached hydrogens (tertiary/aromatic N) is 1. The molecule has 1 rings (SSSR count). The van der Waals surface area contributed by atoms with Gasteiger partial charge in [-0.3, -0.25) is 9.59 Å². The minimum Gasteiger partial charge on any atom is -0.333 e. The van der Waals surface area contributed by atoms with E-state index in [4.69, 9.17) is 0 Å². The Morgan fingerprint density at radius 3 is 2.25 bits per heavy atom. The first kappa shape index (κ1) is 20.6. The van der Waals surface area contributed by atoms with Crippen LogP contribution in [0.25, 0.3) is 0 Å². The van der Waals surface area contributed by atoms with Gasteiger partial charge in [0.15, 0.2) is 13.1 Å². The molecule has 0 saturated carbocycles. The minimum atomic E-state index is -0.0913. The summed E-state index contributed by atoms with van der Waals surface area (Å²) < 4.78 is 0.980. The van der Waals surface area contributed by atoms with Crippen LogP contribution in [0.2, 0.25) is 0 Å². The SMILES string of the molecule is Cc1cc(Br)ccc1NC(=O)C[NH+](C)CC(=O)N(C(C)C)C(C)C. The largest absolute Gasteiger partial charge is 0.333 e. The molecule has 0 aliphatic rings. The third kappa shape index (κ3) is 6.24. The fourth-order valence-electron chi connectivity index (χ4n) is 2.82. The second-order valence-electron chi connectivity index (χ2n) is 6.81. The van der Waals surface area contributed by atoms with E-state index in [9.17, 15) is 9.59 Å². The van der Waals surface area contributed by atoms with Gasteiger partial charge in [0.2, 0.25) is 0 Å². The lowest BCUT2D eigenvalue weighted by Crippen LogP contribution is -3.11. The van der Waals surface area contributed by atoms with Crippen molar-refractivity contribution in [3.63, 3.8) is 0 Å². The summed E-state index contributed by atoms with van der Waals surface area (Å²) in [6.45, 7) is 10.6. The zero-order valence-electron chi connectivity index (χ0n) is 15.4. The van der Waals surface area contributed by atoms with Crippen LogP contribution >= 0.6 is 15.9 Å². The number of likely N-dealkylation sites (N-methyl/N-ethyl adjacent to an activating group) is 1. The van der Waals surface area contributed by atoms with Gasteiger partial charge >= 0.3 is 0 Å². The van der Waals surface area contributed by atoms with E-state index >= 15 is 0 Å². The summed E-state index contributed by atoms with van der Waals surface area (Å²) in [4.78, 5) is 27.4. The van der Waals surface area contributed by atoms with Gasteiger partial charge in [0, 0.05) is 22.2 Å². The highest BCUT2D eigenvalue weighted by atomic mass is 79.9. The van der Waals surface area contributed by atoms with Gasteiger partial charge in [-0.2, -0.15) is 0 Å². The Hall–Kier alpha value is -1.40. The quantitative estimate of drug-likeness (QED) is 0.736. The molecule has 0 aliphatic carbocycles. The van der Waals surface area contributed by atoms with Gasteiger partial charge in [-0.15, -0.1) is 0 Å². The zero-order chi connectivity index (χ0) is 18.4. The fraction of sp³-hybridized carbons (Fsp3) is 0.556. The molecule has 0 aromatic heterocycles. The molecule has 0 spiro atoms. The molecule has 2 N–H and O–H groups in total. The lowest BCUT2D eigenvalue weighted by atomic mass is 10.2. The predicted octanol–water partition coefficient (Wildman–Crippen LogP) is 1.86. The Bertz CT molecular complexity index is 580. The summed E-state index contributed by atoms with van der Waals surface area (Å²) in [5.41, 5.74) is 1.80. The van der Waals surface area contributed by atoms with Crippen LogP contribution in [0.3, 0.4) is 0 Å². The molecule has 0 bridgehead atoms. The van der Waals surface area contributed by atoms with Crippen LogP contribution < -0.4 is 10.2 Å².